The second-order valence-corrected chi connectivity index (χ2v) is 6.68. The summed E-state index contributed by atoms with van der Waals surface area (Å²) in [6.07, 6.45) is 5.80. The van der Waals surface area contributed by atoms with Crippen molar-refractivity contribution in [2.75, 3.05) is 26.2 Å². The highest BCUT2D eigenvalue weighted by atomic mass is 16.2. The summed E-state index contributed by atoms with van der Waals surface area (Å²) in [4.78, 5) is 43.9. The molecule has 0 radical (unpaired) electrons. The van der Waals surface area contributed by atoms with Crippen LogP contribution in [0.2, 0.25) is 0 Å². The minimum Gasteiger partial charge on any atom is -0.348 e. The maximum atomic E-state index is 12.7. The monoisotopic (exact) mass is 344 g/mol. The van der Waals surface area contributed by atoms with E-state index >= 15 is 0 Å². The van der Waals surface area contributed by atoms with Crippen molar-refractivity contribution < 1.29 is 14.4 Å². The molecule has 25 heavy (non-hydrogen) atoms. The predicted molar refractivity (Wildman–Crippen MR) is 92.1 cm³/mol. The molecule has 1 N–H and O–H groups in total. The lowest BCUT2D eigenvalue weighted by Crippen LogP contribution is -2.50. The maximum Gasteiger partial charge on any atom is 0.270 e. The molecule has 2 aliphatic rings. The van der Waals surface area contributed by atoms with E-state index in [1.807, 2.05) is 0 Å². The number of rotatable bonds is 3. The number of piperazine rings is 1. The summed E-state index contributed by atoms with van der Waals surface area (Å²) in [5.41, 5.74) is 0.739. The lowest BCUT2D eigenvalue weighted by molar-refractivity contribution is -0.130. The summed E-state index contributed by atoms with van der Waals surface area (Å²) in [6.45, 7) is 3.63. The number of nitrogens with one attached hydrogen (secondary N) is 1. The van der Waals surface area contributed by atoms with E-state index in [0.29, 0.717) is 31.7 Å². The van der Waals surface area contributed by atoms with E-state index in [1.165, 1.54) is 13.1 Å². The lowest BCUT2D eigenvalue weighted by atomic mass is 10.1. The number of nitrogens with zero attached hydrogens (tertiary/aromatic N) is 3. The van der Waals surface area contributed by atoms with Crippen LogP contribution >= 0.6 is 0 Å². The first-order valence-corrected chi connectivity index (χ1v) is 8.86. The molecule has 2 fully saturated rings. The lowest BCUT2D eigenvalue weighted by Gasteiger charge is -2.34. The Labute approximate surface area is 147 Å². The van der Waals surface area contributed by atoms with Crippen molar-refractivity contribution in [1.82, 2.24) is 20.1 Å². The molecule has 0 spiro atoms. The first-order valence-electron chi connectivity index (χ1n) is 8.86. The molecular formula is C18H24N4O3. The second kappa shape index (κ2) is 7.63. The van der Waals surface area contributed by atoms with E-state index in [-0.39, 0.29) is 29.5 Å². The zero-order valence-corrected chi connectivity index (χ0v) is 14.5. The van der Waals surface area contributed by atoms with Gasteiger partial charge < -0.3 is 15.1 Å². The van der Waals surface area contributed by atoms with Crippen LogP contribution in [0.3, 0.4) is 0 Å². The van der Waals surface area contributed by atoms with E-state index in [2.05, 4.69) is 10.3 Å². The summed E-state index contributed by atoms with van der Waals surface area (Å²) >= 11 is 0. The average molecular weight is 344 g/mol. The Bertz CT molecular complexity index is 662. The molecule has 0 bridgehead atoms. The normalized spacial score (nSPS) is 18.3. The fraction of sp³-hybridized carbons (Fsp3) is 0.556. The van der Waals surface area contributed by atoms with Crippen LogP contribution in [0.15, 0.2) is 18.3 Å². The van der Waals surface area contributed by atoms with E-state index in [1.54, 1.807) is 21.9 Å². The van der Waals surface area contributed by atoms with Crippen LogP contribution in [0.25, 0.3) is 0 Å². The molecule has 0 atom stereocenters. The molecule has 1 aliphatic heterocycles. The second-order valence-electron chi connectivity index (χ2n) is 6.68. The van der Waals surface area contributed by atoms with Gasteiger partial charge in [-0.05, 0) is 25.0 Å². The van der Waals surface area contributed by atoms with Crippen LogP contribution in [0.1, 0.15) is 53.5 Å². The fourth-order valence-corrected chi connectivity index (χ4v) is 3.42. The van der Waals surface area contributed by atoms with Crippen molar-refractivity contribution in [1.29, 1.82) is 0 Å². The van der Waals surface area contributed by atoms with E-state index in [9.17, 15) is 14.4 Å². The molecule has 1 aromatic heterocycles. The number of hydrogen-bond donors (Lipinski definition) is 1. The third-order valence-corrected chi connectivity index (χ3v) is 4.94. The summed E-state index contributed by atoms with van der Waals surface area (Å²) in [7, 11) is 0. The number of carbonyl (C=O) groups is 3. The standard InChI is InChI=1S/C18H24N4O3/c1-13(23)21-8-10-22(11-9-21)18(25)14-6-7-19-16(12-14)17(24)20-15-4-2-3-5-15/h6-7,12,15H,2-5,8-11H2,1H3,(H,20,24). The Kier molecular flexibility index (Phi) is 5.31. The van der Waals surface area contributed by atoms with Gasteiger partial charge >= 0.3 is 0 Å². The topological polar surface area (TPSA) is 82.6 Å². The highest BCUT2D eigenvalue weighted by Gasteiger charge is 2.24. The minimum absolute atomic E-state index is 0.0295. The molecule has 0 unspecified atom stereocenters. The first kappa shape index (κ1) is 17.4. The Morgan fingerprint density at radius 1 is 1.08 bits per heavy atom. The third kappa shape index (κ3) is 4.15. The third-order valence-electron chi connectivity index (χ3n) is 4.94. The van der Waals surface area contributed by atoms with Crippen molar-refractivity contribution in [3.05, 3.63) is 29.6 Å². The molecule has 1 saturated heterocycles. The quantitative estimate of drug-likeness (QED) is 0.889. The molecule has 3 amide bonds. The molecule has 7 nitrogen and oxygen atoms in total. The van der Waals surface area contributed by atoms with Gasteiger partial charge in [-0.2, -0.15) is 0 Å². The number of aromatic nitrogens is 1. The molecule has 1 saturated carbocycles. The number of carbonyl (C=O) groups excluding carboxylic acids is 3. The number of pyridine rings is 1. The van der Waals surface area contributed by atoms with Crippen LogP contribution in [-0.4, -0.2) is 64.7 Å². The molecule has 1 aromatic rings. The minimum atomic E-state index is -0.219. The maximum absolute atomic E-state index is 12.7. The molecular weight excluding hydrogens is 320 g/mol. The van der Waals surface area contributed by atoms with Crippen molar-refractivity contribution in [2.45, 2.75) is 38.6 Å². The van der Waals surface area contributed by atoms with Gasteiger partial charge in [-0.25, -0.2) is 0 Å². The SMILES string of the molecule is CC(=O)N1CCN(C(=O)c2ccnc(C(=O)NC3CCCC3)c2)CC1. The summed E-state index contributed by atoms with van der Waals surface area (Å²) in [5, 5.41) is 2.99. The van der Waals surface area contributed by atoms with Gasteiger partial charge in [-0.15, -0.1) is 0 Å². The van der Waals surface area contributed by atoms with Crippen LogP contribution in [0, 0.1) is 0 Å². The largest absolute Gasteiger partial charge is 0.348 e. The van der Waals surface area contributed by atoms with E-state index < -0.39 is 0 Å². The Morgan fingerprint density at radius 2 is 1.72 bits per heavy atom. The van der Waals surface area contributed by atoms with Crippen molar-refractivity contribution >= 4 is 17.7 Å². The van der Waals surface area contributed by atoms with Crippen LogP contribution in [-0.2, 0) is 4.79 Å². The number of amides is 3. The smallest absolute Gasteiger partial charge is 0.270 e. The molecule has 0 aromatic carbocycles. The highest BCUT2D eigenvalue weighted by molar-refractivity contribution is 5.98. The Morgan fingerprint density at radius 3 is 2.36 bits per heavy atom. The molecule has 1 aliphatic carbocycles. The van der Waals surface area contributed by atoms with Crippen molar-refractivity contribution in [3.63, 3.8) is 0 Å². The molecule has 7 heteroatoms. The summed E-state index contributed by atoms with van der Waals surface area (Å²) in [5.74, 6) is -0.314. The molecule has 134 valence electrons. The van der Waals surface area contributed by atoms with Gasteiger partial charge in [0.15, 0.2) is 0 Å². The van der Waals surface area contributed by atoms with Crippen LogP contribution < -0.4 is 5.32 Å². The first-order chi connectivity index (χ1) is 12.0. The summed E-state index contributed by atoms with van der Waals surface area (Å²) < 4.78 is 0. The van der Waals surface area contributed by atoms with Gasteiger partial charge in [-0.1, -0.05) is 12.8 Å². The molecule has 3 rings (SSSR count). The average Bonchev–Trinajstić information content (AvgIpc) is 3.14. The summed E-state index contributed by atoms with van der Waals surface area (Å²) in [6, 6.07) is 3.41. The zero-order chi connectivity index (χ0) is 17.8. The fourth-order valence-electron chi connectivity index (χ4n) is 3.42. The van der Waals surface area contributed by atoms with Gasteiger partial charge in [0.2, 0.25) is 5.91 Å². The van der Waals surface area contributed by atoms with E-state index in [0.717, 1.165) is 25.7 Å². The Hall–Kier alpha value is -2.44. The van der Waals surface area contributed by atoms with Gasteiger partial charge in [0.1, 0.15) is 5.69 Å². The van der Waals surface area contributed by atoms with Gasteiger partial charge in [0.05, 0.1) is 0 Å². The van der Waals surface area contributed by atoms with Crippen LogP contribution in [0.4, 0.5) is 0 Å². The van der Waals surface area contributed by atoms with Crippen molar-refractivity contribution in [2.24, 2.45) is 0 Å². The van der Waals surface area contributed by atoms with Gasteiger partial charge in [0.25, 0.3) is 11.8 Å². The van der Waals surface area contributed by atoms with Crippen molar-refractivity contribution in [3.8, 4) is 0 Å². The highest BCUT2D eigenvalue weighted by Crippen LogP contribution is 2.18. The van der Waals surface area contributed by atoms with Crippen LogP contribution in [0.5, 0.6) is 0 Å². The van der Waals surface area contributed by atoms with Gasteiger partial charge in [0, 0.05) is 50.9 Å². The van der Waals surface area contributed by atoms with Gasteiger partial charge in [-0.3, -0.25) is 19.4 Å². The Balaban J connectivity index is 1.63. The predicted octanol–water partition coefficient (Wildman–Crippen LogP) is 1.06. The molecule has 2 heterocycles. The zero-order valence-electron chi connectivity index (χ0n) is 14.5. The number of hydrogen-bond acceptors (Lipinski definition) is 4. The van der Waals surface area contributed by atoms with E-state index in [4.69, 9.17) is 0 Å².